The summed E-state index contributed by atoms with van der Waals surface area (Å²) in [5.41, 5.74) is 9.16. The number of hydrogen-bond donors (Lipinski definition) is 2. The van der Waals surface area contributed by atoms with Crippen LogP contribution < -0.4 is 34.2 Å². The third kappa shape index (κ3) is 3.29. The number of H-pyrrole nitrogens is 1. The summed E-state index contributed by atoms with van der Waals surface area (Å²) in [5.74, 6) is 2.34. The van der Waals surface area contributed by atoms with Crippen molar-refractivity contribution in [3.8, 4) is 52.0 Å². The fraction of sp³-hybridized carbons (Fsp3) is 0.250. The van der Waals surface area contributed by atoms with Crippen LogP contribution in [-0.4, -0.2) is 37.8 Å². The second-order valence-corrected chi connectivity index (χ2v) is 7.50. The Balaban J connectivity index is 1.71. The average Bonchev–Trinajstić information content (AvgIpc) is 3.49. The van der Waals surface area contributed by atoms with Crippen molar-refractivity contribution in [2.24, 2.45) is 5.73 Å². The predicted octanol–water partition coefficient (Wildman–Crippen LogP) is 3.44. The van der Waals surface area contributed by atoms with Gasteiger partial charge in [-0.05, 0) is 42.8 Å². The van der Waals surface area contributed by atoms with Crippen molar-refractivity contribution < 1.29 is 28.4 Å². The fourth-order valence-electron chi connectivity index (χ4n) is 4.20. The van der Waals surface area contributed by atoms with Crippen LogP contribution in [0.1, 0.15) is 24.0 Å². The van der Waals surface area contributed by atoms with Crippen LogP contribution >= 0.6 is 0 Å². The molecule has 0 spiro atoms. The van der Waals surface area contributed by atoms with E-state index < -0.39 is 5.92 Å². The Hall–Kier alpha value is -4.52. The summed E-state index contributed by atoms with van der Waals surface area (Å²) in [7, 11) is 3.09. The lowest BCUT2D eigenvalue weighted by Crippen LogP contribution is -2.21. The van der Waals surface area contributed by atoms with Crippen molar-refractivity contribution in [3.63, 3.8) is 0 Å². The minimum absolute atomic E-state index is 0.0180. The zero-order chi connectivity index (χ0) is 23.8. The second kappa shape index (κ2) is 8.44. The number of rotatable bonds is 6. The molecule has 0 amide bonds. The quantitative estimate of drug-likeness (QED) is 0.565. The van der Waals surface area contributed by atoms with E-state index in [0.29, 0.717) is 52.2 Å². The molecule has 174 valence electrons. The van der Waals surface area contributed by atoms with Crippen LogP contribution in [-0.2, 0) is 0 Å². The van der Waals surface area contributed by atoms with Gasteiger partial charge in [0.1, 0.15) is 11.6 Å². The molecule has 3 aromatic rings. The summed E-state index contributed by atoms with van der Waals surface area (Å²) < 4.78 is 33.6. The molecule has 1 atom stereocenters. The van der Waals surface area contributed by atoms with Crippen LogP contribution in [0.25, 0.3) is 11.3 Å². The molecule has 1 aromatic heterocycles. The molecule has 0 bridgehead atoms. The zero-order valence-electron chi connectivity index (χ0n) is 18.8. The number of ether oxygens (including phenoxy) is 6. The Labute approximate surface area is 195 Å². The molecule has 2 aliphatic rings. The van der Waals surface area contributed by atoms with Gasteiger partial charge in [-0.1, -0.05) is 0 Å². The van der Waals surface area contributed by atoms with E-state index in [-0.39, 0.29) is 24.1 Å². The Morgan fingerprint density at radius 2 is 1.88 bits per heavy atom. The van der Waals surface area contributed by atoms with Crippen LogP contribution in [0.5, 0.6) is 34.6 Å². The van der Waals surface area contributed by atoms with Crippen LogP contribution in [0.2, 0.25) is 0 Å². The van der Waals surface area contributed by atoms with Gasteiger partial charge >= 0.3 is 0 Å². The first-order valence-corrected chi connectivity index (χ1v) is 10.5. The van der Waals surface area contributed by atoms with Gasteiger partial charge < -0.3 is 34.2 Å². The first-order valence-electron chi connectivity index (χ1n) is 10.5. The lowest BCUT2D eigenvalue weighted by atomic mass is 9.82. The maximum absolute atomic E-state index is 10.0. The van der Waals surface area contributed by atoms with Gasteiger partial charge in [0.2, 0.25) is 24.3 Å². The highest BCUT2D eigenvalue weighted by molar-refractivity contribution is 5.73. The third-order valence-corrected chi connectivity index (χ3v) is 5.71. The summed E-state index contributed by atoms with van der Waals surface area (Å²) in [6, 6.07) is 11.3. The number of benzene rings is 2. The van der Waals surface area contributed by atoms with Gasteiger partial charge in [0.05, 0.1) is 38.0 Å². The summed E-state index contributed by atoms with van der Waals surface area (Å²) in [6.07, 6.45) is 0. The highest BCUT2D eigenvalue weighted by Crippen LogP contribution is 2.50. The number of nitrogens with zero attached hydrogens (tertiary/aromatic N) is 2. The predicted molar refractivity (Wildman–Crippen MR) is 120 cm³/mol. The molecular weight excluding hydrogens is 440 g/mol. The van der Waals surface area contributed by atoms with E-state index in [9.17, 15) is 5.26 Å². The summed E-state index contributed by atoms with van der Waals surface area (Å²) in [6.45, 7) is 2.47. The largest absolute Gasteiger partial charge is 0.493 e. The average molecular weight is 462 g/mol. The molecule has 1 unspecified atom stereocenters. The van der Waals surface area contributed by atoms with Crippen LogP contribution in [0, 0.1) is 11.3 Å². The number of aromatic amines is 1. The van der Waals surface area contributed by atoms with Gasteiger partial charge in [0, 0.05) is 5.56 Å². The van der Waals surface area contributed by atoms with Crippen molar-refractivity contribution in [3.05, 3.63) is 52.9 Å². The molecule has 10 nitrogen and oxygen atoms in total. The zero-order valence-corrected chi connectivity index (χ0v) is 18.8. The highest BCUT2D eigenvalue weighted by Gasteiger charge is 2.37. The molecule has 10 heteroatoms. The van der Waals surface area contributed by atoms with Crippen molar-refractivity contribution in [1.29, 1.82) is 5.26 Å². The number of nitrogens with one attached hydrogen (secondary N) is 1. The highest BCUT2D eigenvalue weighted by atomic mass is 16.7. The van der Waals surface area contributed by atoms with Crippen LogP contribution in [0.3, 0.4) is 0 Å². The number of hydrogen-bond acceptors (Lipinski definition) is 9. The van der Waals surface area contributed by atoms with E-state index in [2.05, 4.69) is 16.3 Å². The van der Waals surface area contributed by atoms with E-state index in [1.807, 2.05) is 25.1 Å². The number of nitrogens with two attached hydrogens (primary N) is 1. The monoisotopic (exact) mass is 462 g/mol. The topological polar surface area (TPSA) is 134 Å². The lowest BCUT2D eigenvalue weighted by Gasteiger charge is -2.25. The minimum atomic E-state index is -0.605. The number of nitriles is 1. The van der Waals surface area contributed by atoms with Crippen LogP contribution in [0.15, 0.2) is 41.8 Å². The molecular formula is C24H22N4O6. The Kier molecular flexibility index (Phi) is 5.30. The third-order valence-electron chi connectivity index (χ3n) is 5.71. The van der Waals surface area contributed by atoms with Gasteiger partial charge in [-0.3, -0.25) is 5.10 Å². The normalized spacial score (nSPS) is 15.9. The summed E-state index contributed by atoms with van der Waals surface area (Å²) >= 11 is 0. The maximum Gasteiger partial charge on any atom is 0.244 e. The number of methoxy groups -OCH3 is 2. The Bertz CT molecular complexity index is 1310. The lowest BCUT2D eigenvalue weighted by molar-refractivity contribution is 0.174. The molecule has 0 saturated carbocycles. The van der Waals surface area contributed by atoms with Gasteiger partial charge in [-0.2, -0.15) is 5.26 Å². The SMILES string of the molecule is CCOc1c(OC)cc(C2C(C#N)=C(N)Oc3n[nH]c(-c4ccc5c(c4)OCO5)c32)cc1OC. The van der Waals surface area contributed by atoms with Crippen molar-refractivity contribution in [1.82, 2.24) is 10.2 Å². The molecule has 2 aromatic carbocycles. The number of allylic oxidation sites excluding steroid dienone is 1. The Morgan fingerprint density at radius 1 is 1.15 bits per heavy atom. The molecule has 0 aliphatic carbocycles. The molecule has 34 heavy (non-hydrogen) atoms. The van der Waals surface area contributed by atoms with Crippen molar-refractivity contribution in [2.45, 2.75) is 12.8 Å². The van der Waals surface area contributed by atoms with E-state index in [4.69, 9.17) is 34.2 Å². The molecule has 0 radical (unpaired) electrons. The van der Waals surface area contributed by atoms with Gasteiger partial charge in [-0.25, -0.2) is 0 Å². The molecule has 3 N–H and O–H groups in total. The molecule has 5 rings (SSSR count). The van der Waals surface area contributed by atoms with Crippen molar-refractivity contribution in [2.75, 3.05) is 27.6 Å². The van der Waals surface area contributed by atoms with Crippen LogP contribution in [0.4, 0.5) is 0 Å². The summed E-state index contributed by atoms with van der Waals surface area (Å²) in [5, 5.41) is 17.4. The van der Waals surface area contributed by atoms with Gasteiger partial charge in [-0.15, -0.1) is 5.10 Å². The molecule has 0 saturated heterocycles. The fourth-order valence-corrected chi connectivity index (χ4v) is 4.20. The minimum Gasteiger partial charge on any atom is -0.493 e. The van der Waals surface area contributed by atoms with Crippen molar-refractivity contribution >= 4 is 0 Å². The van der Waals surface area contributed by atoms with E-state index >= 15 is 0 Å². The Morgan fingerprint density at radius 3 is 2.56 bits per heavy atom. The molecule has 0 fully saturated rings. The number of fused-ring (bicyclic) bond motifs is 2. The van der Waals surface area contributed by atoms with Gasteiger partial charge in [0.25, 0.3) is 0 Å². The van der Waals surface area contributed by atoms with Gasteiger partial charge in [0.15, 0.2) is 23.0 Å². The molecule has 2 aliphatic heterocycles. The number of aromatic nitrogens is 2. The molecule has 3 heterocycles. The van der Waals surface area contributed by atoms with E-state index in [1.165, 1.54) is 0 Å². The first-order chi connectivity index (χ1) is 16.6. The first kappa shape index (κ1) is 21.3. The second-order valence-electron chi connectivity index (χ2n) is 7.50. The maximum atomic E-state index is 10.0. The summed E-state index contributed by atoms with van der Waals surface area (Å²) in [4.78, 5) is 0. The standard InChI is InChI=1S/C24H22N4O6/c1-4-31-22-17(29-2)8-13(9-18(22)30-3)19-14(10-25)23(26)34-24-20(19)21(27-28-24)12-5-6-15-16(7-12)33-11-32-15/h5-9,19H,4,11,26H2,1-3H3,(H,27,28). The van der Waals surface area contributed by atoms with E-state index in [1.54, 1.807) is 26.4 Å². The van der Waals surface area contributed by atoms with E-state index in [0.717, 1.165) is 5.56 Å². The smallest absolute Gasteiger partial charge is 0.244 e.